The molecule has 0 radical (unpaired) electrons. The molecule has 5 aliphatic rings. The lowest BCUT2D eigenvalue weighted by molar-refractivity contribution is 0.107. The largest absolute Gasteiger partial charge is 0.508 e. The van der Waals surface area contributed by atoms with Crippen LogP contribution in [0.15, 0.2) is 18.3 Å². The van der Waals surface area contributed by atoms with Crippen LogP contribution in [0, 0.1) is 5.82 Å². The zero-order chi connectivity index (χ0) is 29.3. The summed E-state index contributed by atoms with van der Waals surface area (Å²) in [6.07, 6.45) is 7.92. The molecular formula is C31H35ClF2N6O3. The maximum atomic E-state index is 16.7. The molecular weight excluding hydrogens is 578 g/mol. The van der Waals surface area contributed by atoms with E-state index in [4.69, 9.17) is 26.1 Å². The number of alkyl halides is 1. The van der Waals surface area contributed by atoms with Gasteiger partial charge in [0.15, 0.2) is 5.82 Å². The summed E-state index contributed by atoms with van der Waals surface area (Å²) in [7, 11) is 0. The van der Waals surface area contributed by atoms with Crippen LogP contribution in [-0.2, 0) is 0 Å². The van der Waals surface area contributed by atoms with Gasteiger partial charge in [0.05, 0.1) is 27.6 Å². The number of phenolic OH excluding ortho intramolecular Hbond substituents is 1. The first kappa shape index (κ1) is 27.5. The van der Waals surface area contributed by atoms with E-state index >= 15 is 4.39 Å². The van der Waals surface area contributed by atoms with Crippen molar-refractivity contribution in [3.05, 3.63) is 29.2 Å². The van der Waals surface area contributed by atoms with Gasteiger partial charge in [-0.15, -0.1) is 0 Å². The first-order chi connectivity index (χ1) is 20.8. The summed E-state index contributed by atoms with van der Waals surface area (Å²) in [5.74, 6) is 0.0808. The molecule has 228 valence electrons. The van der Waals surface area contributed by atoms with Crippen molar-refractivity contribution in [1.29, 1.82) is 0 Å². The molecule has 4 aliphatic heterocycles. The van der Waals surface area contributed by atoms with Crippen LogP contribution in [-0.4, -0.2) is 87.6 Å². The molecule has 12 heteroatoms. The molecule has 1 aliphatic carbocycles. The van der Waals surface area contributed by atoms with Crippen molar-refractivity contribution in [3.63, 3.8) is 0 Å². The monoisotopic (exact) mass is 612 g/mol. The topological polar surface area (TPSA) is 95.9 Å². The molecule has 2 bridgehead atoms. The van der Waals surface area contributed by atoms with Gasteiger partial charge in [-0.1, -0.05) is 11.6 Å². The smallest absolute Gasteiger partial charge is 0.319 e. The normalized spacial score (nSPS) is 28.8. The number of aromatic hydroxyl groups is 1. The maximum Gasteiger partial charge on any atom is 0.319 e. The number of aromatic nitrogens is 3. The number of anilines is 1. The second kappa shape index (κ2) is 10.6. The van der Waals surface area contributed by atoms with Gasteiger partial charge in [0.2, 0.25) is 0 Å². The summed E-state index contributed by atoms with van der Waals surface area (Å²) in [6, 6.07) is 3.53. The van der Waals surface area contributed by atoms with E-state index in [2.05, 4.69) is 25.1 Å². The lowest BCUT2D eigenvalue weighted by atomic mass is 9.95. The van der Waals surface area contributed by atoms with Crippen molar-refractivity contribution >= 4 is 28.3 Å². The molecule has 2 N–H and O–H groups in total. The Morgan fingerprint density at radius 2 is 1.91 bits per heavy atom. The molecule has 1 saturated carbocycles. The summed E-state index contributed by atoms with van der Waals surface area (Å²) in [5.41, 5.74) is -0.0765. The summed E-state index contributed by atoms with van der Waals surface area (Å²) in [6.45, 7) is 2.96. The summed E-state index contributed by atoms with van der Waals surface area (Å²) >= 11 is 6.50. The van der Waals surface area contributed by atoms with E-state index in [-0.39, 0.29) is 51.8 Å². The molecule has 9 nitrogen and oxygen atoms in total. The van der Waals surface area contributed by atoms with Crippen molar-refractivity contribution in [2.24, 2.45) is 0 Å². The van der Waals surface area contributed by atoms with Crippen molar-refractivity contribution < 1.29 is 23.4 Å². The molecule has 1 aromatic carbocycles. The Balaban J connectivity index is 1.22. The van der Waals surface area contributed by atoms with Crippen LogP contribution in [0.3, 0.4) is 0 Å². The highest BCUT2D eigenvalue weighted by atomic mass is 35.5. The van der Waals surface area contributed by atoms with E-state index in [1.165, 1.54) is 12.1 Å². The highest BCUT2D eigenvalue weighted by Crippen LogP contribution is 2.44. The number of piperazine rings is 1. The Morgan fingerprint density at radius 3 is 2.67 bits per heavy atom. The van der Waals surface area contributed by atoms with Gasteiger partial charge in [-0.3, -0.25) is 9.88 Å². The van der Waals surface area contributed by atoms with Gasteiger partial charge in [0.25, 0.3) is 0 Å². The third-order valence-corrected chi connectivity index (χ3v) is 10.3. The van der Waals surface area contributed by atoms with Crippen LogP contribution in [0.2, 0.25) is 5.02 Å². The number of hydrogen-bond acceptors (Lipinski definition) is 9. The standard InChI is InChI=1S/C31H35ClF2N6O3/c32-24-10-20(41)9-22(28(24)43-21-3-1-4-21)26-25(34)27-23(12-35-26)29(39-14-18-5-6-19(15-39)36-18)38-30(37-27)42-16-31-7-2-8-40(31)13-17(33)11-31/h9-10,12,17-19,21,36,41H,1-8,11,13-16H2/t17-,18?,19?,31+/m1/s1. The van der Waals surface area contributed by atoms with Crippen LogP contribution in [0.25, 0.3) is 22.2 Å². The van der Waals surface area contributed by atoms with Gasteiger partial charge in [0.1, 0.15) is 41.3 Å². The minimum absolute atomic E-state index is 0.0182. The summed E-state index contributed by atoms with van der Waals surface area (Å²) in [4.78, 5) is 18.3. The summed E-state index contributed by atoms with van der Waals surface area (Å²) < 4.78 is 43.5. The predicted octanol–water partition coefficient (Wildman–Crippen LogP) is 5.02. The highest BCUT2D eigenvalue weighted by molar-refractivity contribution is 6.32. The molecule has 2 aromatic heterocycles. The van der Waals surface area contributed by atoms with E-state index in [1.54, 1.807) is 6.20 Å². The Labute approximate surface area is 253 Å². The zero-order valence-electron chi connectivity index (χ0n) is 23.9. The second-order valence-electron chi connectivity index (χ2n) is 12.9. The first-order valence-corrected chi connectivity index (χ1v) is 15.8. The zero-order valence-corrected chi connectivity index (χ0v) is 24.6. The van der Waals surface area contributed by atoms with E-state index < -0.39 is 12.0 Å². The number of rotatable bonds is 7. The van der Waals surface area contributed by atoms with Crippen molar-refractivity contribution in [2.75, 3.05) is 37.7 Å². The van der Waals surface area contributed by atoms with Gasteiger partial charge in [-0.2, -0.15) is 9.97 Å². The molecule has 0 amide bonds. The molecule has 2 unspecified atom stereocenters. The highest BCUT2D eigenvalue weighted by Gasteiger charge is 2.49. The third kappa shape index (κ3) is 4.84. The SMILES string of the molecule is Oc1cc(Cl)c(OC2CCC2)c(-c2ncc3c(N4CC5CCC(C4)N5)nc(OC[C@@]45CCCN4C[C@H](F)C5)nc3c2F)c1. The average Bonchev–Trinajstić information content (AvgIpc) is 3.60. The molecule has 6 heterocycles. The van der Waals surface area contributed by atoms with Crippen LogP contribution >= 0.6 is 11.6 Å². The number of benzene rings is 1. The van der Waals surface area contributed by atoms with Crippen molar-refractivity contribution in [1.82, 2.24) is 25.2 Å². The molecule has 3 aromatic rings. The Bertz CT molecular complexity index is 1560. The number of nitrogens with zero attached hydrogens (tertiary/aromatic N) is 5. The van der Waals surface area contributed by atoms with E-state index in [0.717, 1.165) is 64.6 Å². The van der Waals surface area contributed by atoms with E-state index in [1.807, 2.05) is 0 Å². The average molecular weight is 613 g/mol. The number of hydrogen-bond donors (Lipinski definition) is 2. The van der Waals surface area contributed by atoms with Crippen molar-refractivity contribution in [3.8, 4) is 28.8 Å². The maximum absolute atomic E-state index is 16.7. The predicted molar refractivity (Wildman–Crippen MR) is 158 cm³/mol. The molecule has 0 spiro atoms. The van der Waals surface area contributed by atoms with Gasteiger partial charge in [0, 0.05) is 50.4 Å². The fraction of sp³-hybridized carbons (Fsp3) is 0.581. The molecule has 43 heavy (non-hydrogen) atoms. The Hall–Kier alpha value is -3.02. The number of fused-ring (bicyclic) bond motifs is 4. The summed E-state index contributed by atoms with van der Waals surface area (Å²) in [5, 5.41) is 14.7. The molecule has 4 atom stereocenters. The van der Waals surface area contributed by atoms with Gasteiger partial charge < -0.3 is 24.8 Å². The van der Waals surface area contributed by atoms with Gasteiger partial charge >= 0.3 is 6.01 Å². The van der Waals surface area contributed by atoms with E-state index in [0.29, 0.717) is 42.0 Å². The number of ether oxygens (including phenoxy) is 2. The molecule has 8 rings (SSSR count). The van der Waals surface area contributed by atoms with Crippen LogP contribution in [0.5, 0.6) is 17.5 Å². The lowest BCUT2D eigenvalue weighted by Gasteiger charge is -2.34. The Morgan fingerprint density at radius 1 is 1.09 bits per heavy atom. The number of halogens is 3. The lowest BCUT2D eigenvalue weighted by Crippen LogP contribution is -2.51. The molecule has 5 fully saturated rings. The van der Waals surface area contributed by atoms with Gasteiger partial charge in [-0.05, 0) is 57.6 Å². The van der Waals surface area contributed by atoms with Crippen LogP contribution in [0.4, 0.5) is 14.6 Å². The van der Waals surface area contributed by atoms with Crippen LogP contribution in [0.1, 0.15) is 51.4 Å². The fourth-order valence-corrected chi connectivity index (χ4v) is 7.92. The minimum Gasteiger partial charge on any atom is -0.508 e. The first-order valence-electron chi connectivity index (χ1n) is 15.4. The number of nitrogens with one attached hydrogen (secondary N) is 1. The van der Waals surface area contributed by atoms with Crippen LogP contribution < -0.4 is 19.7 Å². The van der Waals surface area contributed by atoms with Gasteiger partial charge in [-0.25, -0.2) is 8.78 Å². The van der Waals surface area contributed by atoms with E-state index in [9.17, 15) is 9.50 Å². The van der Waals surface area contributed by atoms with Crippen molar-refractivity contribution in [2.45, 2.75) is 81.3 Å². The second-order valence-corrected chi connectivity index (χ2v) is 13.3. The number of phenols is 1. The third-order valence-electron chi connectivity index (χ3n) is 10.0. The Kier molecular flexibility index (Phi) is 6.76. The quantitative estimate of drug-likeness (QED) is 0.381. The molecule has 4 saturated heterocycles. The minimum atomic E-state index is -0.884. The number of pyridine rings is 1. The fourth-order valence-electron chi connectivity index (χ4n) is 7.66.